The molecular formula is C24H23FN2O2. The van der Waals surface area contributed by atoms with Crippen LogP contribution in [0.25, 0.3) is 16.5 Å². The number of H-pyrrole nitrogens is 1. The highest BCUT2D eigenvalue weighted by Crippen LogP contribution is 2.48. The number of fused-ring (bicyclic) bond motifs is 1. The minimum atomic E-state index is -0.235. The van der Waals surface area contributed by atoms with E-state index in [1.165, 1.54) is 23.3 Å². The monoisotopic (exact) mass is 390 g/mol. The van der Waals surface area contributed by atoms with Gasteiger partial charge in [-0.2, -0.15) is 0 Å². The molecular weight excluding hydrogens is 367 g/mol. The average Bonchev–Trinajstić information content (AvgIpc) is 3.45. The van der Waals surface area contributed by atoms with Crippen LogP contribution in [-0.2, 0) is 4.79 Å². The Labute approximate surface area is 169 Å². The Morgan fingerprint density at radius 2 is 2.03 bits per heavy atom. The first-order chi connectivity index (χ1) is 14.1. The zero-order valence-electron chi connectivity index (χ0n) is 16.3. The van der Waals surface area contributed by atoms with Crippen LogP contribution in [0.15, 0.2) is 54.7 Å². The standard InChI is InChI=1S/C24H23FN2O2/c1-29-18-6-7-23-20(12-18)22(14-26-23)16-8-10-27(11-9-16)24(28)21-13-19(21)15-2-4-17(25)5-3-15/h2-8,12,14,19,21,26H,9-11,13H2,1H3/t19-,21+/m1/s1. The lowest BCUT2D eigenvalue weighted by molar-refractivity contribution is -0.132. The Hall–Kier alpha value is -3.08. The molecule has 2 aliphatic rings. The third-order valence-corrected chi connectivity index (χ3v) is 6.16. The fourth-order valence-electron chi connectivity index (χ4n) is 4.39. The molecule has 0 spiro atoms. The summed E-state index contributed by atoms with van der Waals surface area (Å²) in [6.07, 6.45) is 5.90. The molecule has 5 rings (SSSR count). The molecule has 1 N–H and O–H groups in total. The second-order valence-corrected chi connectivity index (χ2v) is 7.88. The van der Waals surface area contributed by atoms with Crippen molar-refractivity contribution in [2.75, 3.05) is 20.2 Å². The van der Waals surface area contributed by atoms with E-state index in [-0.39, 0.29) is 23.6 Å². The SMILES string of the molecule is COc1ccc2[nH]cc(C3=CCN(C(=O)[C@H]4C[C@@H]4c4ccc(F)cc4)CC3)c2c1. The van der Waals surface area contributed by atoms with Crippen LogP contribution in [0.2, 0.25) is 0 Å². The number of aromatic amines is 1. The maximum absolute atomic E-state index is 13.1. The summed E-state index contributed by atoms with van der Waals surface area (Å²) in [5.74, 6) is 1.09. The zero-order chi connectivity index (χ0) is 20.0. The number of rotatable bonds is 4. The summed E-state index contributed by atoms with van der Waals surface area (Å²) in [7, 11) is 1.67. The molecule has 3 aromatic rings. The quantitative estimate of drug-likeness (QED) is 0.700. The summed E-state index contributed by atoms with van der Waals surface area (Å²) in [4.78, 5) is 18.2. The number of halogens is 1. The second kappa shape index (κ2) is 7.07. The van der Waals surface area contributed by atoms with Gasteiger partial charge in [-0.3, -0.25) is 4.79 Å². The molecule has 1 amide bonds. The molecule has 1 saturated carbocycles. The number of hydrogen-bond donors (Lipinski definition) is 1. The van der Waals surface area contributed by atoms with Crippen molar-refractivity contribution in [2.45, 2.75) is 18.8 Å². The zero-order valence-corrected chi connectivity index (χ0v) is 16.3. The molecule has 0 unspecified atom stereocenters. The largest absolute Gasteiger partial charge is 0.497 e. The van der Waals surface area contributed by atoms with Crippen molar-refractivity contribution in [3.05, 3.63) is 71.7 Å². The summed E-state index contributed by atoms with van der Waals surface area (Å²) in [5.41, 5.74) is 4.59. The number of amides is 1. The van der Waals surface area contributed by atoms with E-state index in [4.69, 9.17) is 4.74 Å². The predicted molar refractivity (Wildman–Crippen MR) is 111 cm³/mol. The van der Waals surface area contributed by atoms with Gasteiger partial charge >= 0.3 is 0 Å². The Morgan fingerprint density at radius 3 is 2.76 bits per heavy atom. The van der Waals surface area contributed by atoms with Crippen molar-refractivity contribution in [3.8, 4) is 5.75 Å². The fraction of sp³-hybridized carbons (Fsp3) is 0.292. The summed E-state index contributed by atoms with van der Waals surface area (Å²) >= 11 is 0. The molecule has 29 heavy (non-hydrogen) atoms. The fourth-order valence-corrected chi connectivity index (χ4v) is 4.39. The number of nitrogens with one attached hydrogen (secondary N) is 1. The third kappa shape index (κ3) is 3.31. The molecule has 0 saturated heterocycles. The first kappa shape index (κ1) is 18.0. The van der Waals surface area contributed by atoms with Gasteiger partial charge < -0.3 is 14.6 Å². The van der Waals surface area contributed by atoms with E-state index in [1.807, 2.05) is 23.2 Å². The van der Waals surface area contributed by atoms with Crippen molar-refractivity contribution in [1.82, 2.24) is 9.88 Å². The van der Waals surface area contributed by atoms with Crippen molar-refractivity contribution in [3.63, 3.8) is 0 Å². The topological polar surface area (TPSA) is 45.3 Å². The van der Waals surface area contributed by atoms with Gasteiger partial charge in [0.15, 0.2) is 0 Å². The molecule has 148 valence electrons. The van der Waals surface area contributed by atoms with Gasteiger partial charge in [0.1, 0.15) is 11.6 Å². The van der Waals surface area contributed by atoms with Gasteiger partial charge in [0, 0.05) is 41.7 Å². The number of aromatic nitrogens is 1. The molecule has 4 nitrogen and oxygen atoms in total. The summed E-state index contributed by atoms with van der Waals surface area (Å²) in [5, 5.41) is 1.15. The lowest BCUT2D eigenvalue weighted by Crippen LogP contribution is -2.36. The molecule has 2 atom stereocenters. The lowest BCUT2D eigenvalue weighted by atomic mass is 9.98. The van der Waals surface area contributed by atoms with E-state index in [2.05, 4.69) is 17.1 Å². The van der Waals surface area contributed by atoms with Crippen molar-refractivity contribution in [1.29, 1.82) is 0 Å². The van der Waals surface area contributed by atoms with Crippen molar-refractivity contribution in [2.24, 2.45) is 5.92 Å². The van der Waals surface area contributed by atoms with Crippen molar-refractivity contribution < 1.29 is 13.9 Å². The Morgan fingerprint density at radius 1 is 1.21 bits per heavy atom. The first-order valence-electron chi connectivity index (χ1n) is 10.0. The normalized spacial score (nSPS) is 21.2. The number of carbonyl (C=O) groups excluding carboxylic acids is 1. The molecule has 0 radical (unpaired) electrons. The first-order valence-corrected chi connectivity index (χ1v) is 10.0. The van der Waals surface area contributed by atoms with Gasteiger partial charge in [-0.25, -0.2) is 4.39 Å². The van der Waals surface area contributed by atoms with Gasteiger partial charge in [0.05, 0.1) is 7.11 Å². The molecule has 5 heteroatoms. The van der Waals surface area contributed by atoms with Gasteiger partial charge in [-0.1, -0.05) is 18.2 Å². The van der Waals surface area contributed by atoms with E-state index < -0.39 is 0 Å². The smallest absolute Gasteiger partial charge is 0.226 e. The summed E-state index contributed by atoms with van der Waals surface area (Å²) in [6.45, 7) is 1.37. The molecule has 0 bridgehead atoms. The van der Waals surface area contributed by atoms with Crippen LogP contribution in [0.4, 0.5) is 4.39 Å². The molecule has 1 aliphatic carbocycles. The summed E-state index contributed by atoms with van der Waals surface area (Å²) < 4.78 is 18.5. The maximum atomic E-state index is 13.1. The van der Waals surface area contributed by atoms with Crippen molar-refractivity contribution >= 4 is 22.4 Å². The molecule has 2 aromatic carbocycles. The van der Waals surface area contributed by atoms with Crippen LogP contribution in [-0.4, -0.2) is 36.0 Å². The van der Waals surface area contributed by atoms with E-state index in [9.17, 15) is 9.18 Å². The maximum Gasteiger partial charge on any atom is 0.226 e. The highest BCUT2D eigenvalue weighted by molar-refractivity contribution is 5.94. The Bertz CT molecular complexity index is 1100. The Kier molecular flexibility index (Phi) is 4.38. The minimum absolute atomic E-state index is 0.0350. The molecule has 1 aromatic heterocycles. The van der Waals surface area contributed by atoms with Crippen LogP contribution in [0, 0.1) is 11.7 Å². The third-order valence-electron chi connectivity index (χ3n) is 6.16. The Balaban J connectivity index is 1.29. The van der Waals surface area contributed by atoms with Gasteiger partial charge in [-0.05, 0) is 60.2 Å². The number of benzene rings is 2. The van der Waals surface area contributed by atoms with Crippen LogP contribution in [0.1, 0.15) is 29.9 Å². The van der Waals surface area contributed by atoms with E-state index in [0.717, 1.165) is 41.6 Å². The van der Waals surface area contributed by atoms with E-state index in [1.54, 1.807) is 19.2 Å². The number of hydrogen-bond acceptors (Lipinski definition) is 2. The van der Waals surface area contributed by atoms with Crippen LogP contribution >= 0.6 is 0 Å². The number of nitrogens with zero attached hydrogens (tertiary/aromatic N) is 1. The lowest BCUT2D eigenvalue weighted by Gasteiger charge is -2.27. The number of methoxy groups -OCH3 is 1. The summed E-state index contributed by atoms with van der Waals surface area (Å²) in [6, 6.07) is 12.6. The predicted octanol–water partition coefficient (Wildman–Crippen LogP) is 4.74. The van der Waals surface area contributed by atoms with E-state index in [0.29, 0.717) is 6.54 Å². The highest BCUT2D eigenvalue weighted by atomic mass is 19.1. The van der Waals surface area contributed by atoms with Crippen LogP contribution in [0.3, 0.4) is 0 Å². The highest BCUT2D eigenvalue weighted by Gasteiger charge is 2.45. The van der Waals surface area contributed by atoms with Gasteiger partial charge in [0.25, 0.3) is 0 Å². The van der Waals surface area contributed by atoms with Gasteiger partial charge in [0.2, 0.25) is 5.91 Å². The molecule has 1 aliphatic heterocycles. The number of carbonyl (C=O) groups is 1. The number of ether oxygens (including phenoxy) is 1. The minimum Gasteiger partial charge on any atom is -0.497 e. The van der Waals surface area contributed by atoms with Gasteiger partial charge in [-0.15, -0.1) is 0 Å². The molecule has 1 fully saturated rings. The van der Waals surface area contributed by atoms with Crippen LogP contribution in [0.5, 0.6) is 5.75 Å². The van der Waals surface area contributed by atoms with Crippen LogP contribution < -0.4 is 4.74 Å². The molecule has 2 heterocycles. The van der Waals surface area contributed by atoms with E-state index >= 15 is 0 Å². The average molecular weight is 390 g/mol. The second-order valence-electron chi connectivity index (χ2n) is 7.88.